The van der Waals surface area contributed by atoms with E-state index in [1.54, 1.807) is 22.7 Å². The van der Waals surface area contributed by atoms with Gasteiger partial charge < -0.3 is 15.0 Å². The number of carbonyl (C=O) groups excluding carboxylic acids is 2. The number of carbonyl (C=O) groups is 2. The number of fused-ring (bicyclic) bond motifs is 1. The van der Waals surface area contributed by atoms with Crippen LogP contribution in [0.5, 0.6) is 0 Å². The van der Waals surface area contributed by atoms with Crippen LogP contribution in [0.15, 0.2) is 42.9 Å². The van der Waals surface area contributed by atoms with Crippen molar-refractivity contribution >= 4 is 28.9 Å². The zero-order valence-electron chi connectivity index (χ0n) is 15.6. The quantitative estimate of drug-likeness (QED) is 0.685. The number of esters is 1. The number of nitrogens with zero attached hydrogens (tertiary/aromatic N) is 4. The van der Waals surface area contributed by atoms with E-state index in [4.69, 9.17) is 4.74 Å². The number of benzene rings is 1. The third kappa shape index (κ3) is 3.80. The molecule has 1 N–H and O–H groups in total. The molecule has 0 aliphatic carbocycles. The molecule has 4 rings (SSSR count). The van der Waals surface area contributed by atoms with E-state index in [1.165, 1.54) is 24.9 Å². The molecule has 1 aromatic carbocycles. The van der Waals surface area contributed by atoms with Crippen molar-refractivity contribution in [1.82, 2.24) is 14.6 Å². The summed E-state index contributed by atoms with van der Waals surface area (Å²) in [5.74, 6) is -0.956. The van der Waals surface area contributed by atoms with Gasteiger partial charge in [0.15, 0.2) is 12.3 Å². The van der Waals surface area contributed by atoms with E-state index in [0.29, 0.717) is 11.2 Å². The molecule has 0 saturated carbocycles. The fraction of sp³-hybridized carbons (Fsp3) is 0.300. The summed E-state index contributed by atoms with van der Waals surface area (Å²) in [7, 11) is 0. The lowest BCUT2D eigenvalue weighted by Crippen LogP contribution is -2.22. The van der Waals surface area contributed by atoms with E-state index in [-0.39, 0.29) is 12.5 Å². The summed E-state index contributed by atoms with van der Waals surface area (Å²) in [5, 5.41) is 10.4. The van der Waals surface area contributed by atoms with Crippen molar-refractivity contribution in [2.75, 3.05) is 29.9 Å². The fourth-order valence-corrected chi connectivity index (χ4v) is 3.31. The Morgan fingerprint density at radius 3 is 2.79 bits per heavy atom. The van der Waals surface area contributed by atoms with E-state index in [9.17, 15) is 9.59 Å². The van der Waals surface area contributed by atoms with Crippen LogP contribution in [0.3, 0.4) is 0 Å². The monoisotopic (exact) mass is 379 g/mol. The van der Waals surface area contributed by atoms with Gasteiger partial charge in [-0.15, -0.1) is 10.2 Å². The highest BCUT2D eigenvalue weighted by atomic mass is 16.5. The number of aryl methyl sites for hydroxylation is 1. The predicted octanol–water partition coefficient (Wildman–Crippen LogP) is 2.43. The first-order chi connectivity index (χ1) is 13.6. The van der Waals surface area contributed by atoms with Crippen LogP contribution >= 0.6 is 0 Å². The number of hydrogen-bond donors (Lipinski definition) is 1. The summed E-state index contributed by atoms with van der Waals surface area (Å²) in [6, 6.07) is 9.22. The lowest BCUT2D eigenvalue weighted by molar-refractivity contribution is -0.119. The van der Waals surface area contributed by atoms with Crippen LogP contribution in [0, 0.1) is 6.92 Å². The maximum atomic E-state index is 12.2. The van der Waals surface area contributed by atoms with E-state index in [2.05, 4.69) is 26.5 Å². The van der Waals surface area contributed by atoms with Crippen LogP contribution in [0.1, 0.15) is 28.8 Å². The molecule has 1 fully saturated rings. The van der Waals surface area contributed by atoms with E-state index >= 15 is 0 Å². The Morgan fingerprint density at radius 1 is 1.18 bits per heavy atom. The maximum Gasteiger partial charge on any atom is 0.340 e. The SMILES string of the molecule is Cc1cc(N2CCCC2)ccc1NC(=O)COC(=O)c1ccc2nncn2c1. The van der Waals surface area contributed by atoms with Gasteiger partial charge in [-0.05, 0) is 55.7 Å². The second-order valence-corrected chi connectivity index (χ2v) is 6.83. The minimum atomic E-state index is -0.577. The van der Waals surface area contributed by atoms with Gasteiger partial charge in [0.1, 0.15) is 6.33 Å². The van der Waals surface area contributed by atoms with Crippen LogP contribution in [0.25, 0.3) is 5.65 Å². The Hall–Kier alpha value is -3.42. The molecule has 1 saturated heterocycles. The zero-order valence-corrected chi connectivity index (χ0v) is 15.6. The molecule has 0 atom stereocenters. The number of anilines is 2. The molecule has 1 amide bonds. The highest BCUT2D eigenvalue weighted by Crippen LogP contribution is 2.25. The molecule has 0 spiro atoms. The van der Waals surface area contributed by atoms with Crippen LogP contribution in [0.4, 0.5) is 11.4 Å². The standard InChI is InChI=1S/C20H21N5O3/c1-14-10-16(24-8-2-3-9-24)5-6-17(14)22-19(26)12-28-20(27)15-4-7-18-23-21-13-25(18)11-15/h4-7,10-11,13H,2-3,8-9,12H2,1H3,(H,22,26). The Balaban J connectivity index is 1.34. The van der Waals surface area contributed by atoms with Crippen molar-refractivity contribution < 1.29 is 14.3 Å². The van der Waals surface area contributed by atoms with Crippen molar-refractivity contribution in [3.8, 4) is 0 Å². The van der Waals surface area contributed by atoms with Gasteiger partial charge in [-0.1, -0.05) is 0 Å². The topological polar surface area (TPSA) is 88.8 Å². The second-order valence-electron chi connectivity index (χ2n) is 6.83. The third-order valence-electron chi connectivity index (χ3n) is 4.82. The summed E-state index contributed by atoms with van der Waals surface area (Å²) < 4.78 is 6.73. The lowest BCUT2D eigenvalue weighted by Gasteiger charge is -2.19. The van der Waals surface area contributed by atoms with Crippen molar-refractivity contribution in [3.63, 3.8) is 0 Å². The number of hydrogen-bond acceptors (Lipinski definition) is 6. The summed E-state index contributed by atoms with van der Waals surface area (Å²) in [6.07, 6.45) is 5.49. The van der Waals surface area contributed by atoms with Crippen LogP contribution in [0.2, 0.25) is 0 Å². The Morgan fingerprint density at radius 2 is 2.00 bits per heavy atom. The summed E-state index contributed by atoms with van der Waals surface area (Å²) in [5.41, 5.74) is 3.81. The molecule has 3 heterocycles. The predicted molar refractivity (Wildman–Crippen MR) is 105 cm³/mol. The molecule has 1 aliphatic heterocycles. The smallest absolute Gasteiger partial charge is 0.340 e. The molecule has 28 heavy (non-hydrogen) atoms. The molecule has 8 heteroatoms. The molecule has 0 radical (unpaired) electrons. The first-order valence-electron chi connectivity index (χ1n) is 9.22. The van der Waals surface area contributed by atoms with Crippen molar-refractivity contribution in [2.24, 2.45) is 0 Å². The molecule has 8 nitrogen and oxygen atoms in total. The zero-order chi connectivity index (χ0) is 19.5. The first kappa shape index (κ1) is 18.0. The van der Waals surface area contributed by atoms with E-state index in [0.717, 1.165) is 24.3 Å². The Bertz CT molecular complexity index is 1020. The normalized spacial score (nSPS) is 13.7. The molecule has 1 aliphatic rings. The van der Waals surface area contributed by atoms with Gasteiger partial charge in [-0.2, -0.15) is 0 Å². The minimum Gasteiger partial charge on any atom is -0.452 e. The van der Waals surface area contributed by atoms with Gasteiger partial charge in [-0.25, -0.2) is 4.79 Å². The van der Waals surface area contributed by atoms with Gasteiger partial charge in [0.2, 0.25) is 0 Å². The van der Waals surface area contributed by atoms with Crippen LogP contribution in [-0.2, 0) is 9.53 Å². The van der Waals surface area contributed by atoms with Crippen molar-refractivity contribution in [3.05, 3.63) is 54.0 Å². The Kier molecular flexibility index (Phi) is 4.92. The Labute approximate surface area is 162 Å². The summed E-state index contributed by atoms with van der Waals surface area (Å²) in [4.78, 5) is 26.7. The number of amides is 1. The largest absolute Gasteiger partial charge is 0.452 e. The molecule has 0 bridgehead atoms. The third-order valence-corrected chi connectivity index (χ3v) is 4.82. The van der Waals surface area contributed by atoms with E-state index < -0.39 is 5.97 Å². The minimum absolute atomic E-state index is 0.325. The van der Waals surface area contributed by atoms with Gasteiger partial charge in [-0.3, -0.25) is 9.20 Å². The van der Waals surface area contributed by atoms with E-state index in [1.807, 2.05) is 19.1 Å². The van der Waals surface area contributed by atoms with Crippen LogP contribution in [-0.4, -0.2) is 46.2 Å². The fourth-order valence-electron chi connectivity index (χ4n) is 3.31. The number of pyridine rings is 1. The van der Waals surface area contributed by atoms with Gasteiger partial charge >= 0.3 is 5.97 Å². The second kappa shape index (κ2) is 7.67. The summed E-state index contributed by atoms with van der Waals surface area (Å²) >= 11 is 0. The molecular formula is C20H21N5O3. The number of rotatable bonds is 5. The van der Waals surface area contributed by atoms with Crippen molar-refractivity contribution in [1.29, 1.82) is 0 Å². The van der Waals surface area contributed by atoms with Gasteiger partial charge in [0.05, 0.1) is 5.56 Å². The molecule has 0 unspecified atom stereocenters. The lowest BCUT2D eigenvalue weighted by atomic mass is 10.1. The summed E-state index contributed by atoms with van der Waals surface area (Å²) in [6.45, 7) is 3.74. The van der Waals surface area contributed by atoms with Gasteiger partial charge in [0, 0.05) is 30.7 Å². The average Bonchev–Trinajstić information content (AvgIpc) is 3.38. The molecule has 144 valence electrons. The van der Waals surface area contributed by atoms with Gasteiger partial charge in [0.25, 0.3) is 5.91 Å². The highest BCUT2D eigenvalue weighted by Gasteiger charge is 2.15. The molecule has 3 aromatic rings. The first-order valence-corrected chi connectivity index (χ1v) is 9.22. The number of ether oxygens (including phenoxy) is 1. The number of aromatic nitrogens is 3. The number of nitrogens with one attached hydrogen (secondary N) is 1. The average molecular weight is 379 g/mol. The van der Waals surface area contributed by atoms with Crippen molar-refractivity contribution in [2.45, 2.75) is 19.8 Å². The highest BCUT2D eigenvalue weighted by molar-refractivity contribution is 5.96. The molecular weight excluding hydrogens is 358 g/mol. The van der Waals surface area contributed by atoms with Crippen LogP contribution < -0.4 is 10.2 Å². The molecule has 2 aromatic heterocycles. The maximum absolute atomic E-state index is 12.2.